The highest BCUT2D eigenvalue weighted by molar-refractivity contribution is 5.98. The number of fused-ring (bicyclic) bond motifs is 1. The maximum atomic E-state index is 12.4. The summed E-state index contributed by atoms with van der Waals surface area (Å²) in [5, 5.41) is 3.87. The van der Waals surface area contributed by atoms with Crippen molar-refractivity contribution < 1.29 is 9.53 Å². The summed E-state index contributed by atoms with van der Waals surface area (Å²) in [6.45, 7) is 9.05. The first-order chi connectivity index (χ1) is 15.1. The lowest BCUT2D eigenvalue weighted by atomic mass is 10.0. The van der Waals surface area contributed by atoms with Crippen molar-refractivity contribution in [3.05, 3.63) is 54.2 Å². The number of H-pyrrole nitrogens is 1. The van der Waals surface area contributed by atoms with Crippen LogP contribution in [0.3, 0.4) is 0 Å². The molecule has 1 aromatic heterocycles. The highest BCUT2D eigenvalue weighted by Gasteiger charge is 2.11. The van der Waals surface area contributed by atoms with Crippen LogP contribution in [0, 0.1) is 0 Å². The second-order valence-corrected chi connectivity index (χ2v) is 6.61. The van der Waals surface area contributed by atoms with E-state index < -0.39 is 0 Å². The van der Waals surface area contributed by atoms with Crippen molar-refractivity contribution in [3.8, 4) is 16.9 Å². The molecule has 1 atom stereocenters. The van der Waals surface area contributed by atoms with Crippen LogP contribution in [0.25, 0.3) is 22.0 Å². The van der Waals surface area contributed by atoms with E-state index in [0.717, 1.165) is 40.6 Å². The summed E-state index contributed by atoms with van der Waals surface area (Å²) in [7, 11) is 1.65. The van der Waals surface area contributed by atoms with Gasteiger partial charge in [0.2, 0.25) is 0 Å². The molecule has 0 aliphatic carbocycles. The van der Waals surface area contributed by atoms with Crippen molar-refractivity contribution in [2.24, 2.45) is 11.5 Å². The Balaban J connectivity index is 0.00000113. The normalized spacial score (nSPS) is 10.9. The quantitative estimate of drug-likeness (QED) is 0.419. The maximum Gasteiger partial charge on any atom is 0.267 e. The van der Waals surface area contributed by atoms with Gasteiger partial charge in [0.1, 0.15) is 11.4 Å². The topological polar surface area (TPSA) is 106 Å². The summed E-state index contributed by atoms with van der Waals surface area (Å²) in [6, 6.07) is 15.8. The number of aromatic amines is 1. The Morgan fingerprint density at radius 3 is 2.29 bits per heavy atom. The second-order valence-electron chi connectivity index (χ2n) is 6.61. The summed E-state index contributed by atoms with van der Waals surface area (Å²) in [6.07, 6.45) is 1.66. The molecule has 0 saturated heterocycles. The zero-order valence-corrected chi connectivity index (χ0v) is 19.5. The van der Waals surface area contributed by atoms with Crippen LogP contribution in [0.5, 0.6) is 5.75 Å². The number of carbonyl (C=O) groups is 1. The first kappa shape index (κ1) is 26.2. The fourth-order valence-corrected chi connectivity index (χ4v) is 3.01. The van der Waals surface area contributed by atoms with Gasteiger partial charge in [0.25, 0.3) is 5.91 Å². The Kier molecular flexibility index (Phi) is 12.0. The molecule has 0 bridgehead atoms. The van der Waals surface area contributed by atoms with Crippen LogP contribution in [-0.2, 0) is 0 Å². The number of hydrogen-bond acceptors (Lipinski definition) is 4. The molecule has 31 heavy (non-hydrogen) atoms. The van der Waals surface area contributed by atoms with Crippen LogP contribution in [0.4, 0.5) is 0 Å². The Labute approximate surface area is 186 Å². The van der Waals surface area contributed by atoms with Crippen molar-refractivity contribution in [3.63, 3.8) is 0 Å². The predicted octanol–water partition coefficient (Wildman–Crippen LogP) is 4.69. The van der Waals surface area contributed by atoms with Crippen molar-refractivity contribution in [2.75, 3.05) is 20.2 Å². The van der Waals surface area contributed by atoms with E-state index in [1.54, 1.807) is 7.11 Å². The van der Waals surface area contributed by atoms with Gasteiger partial charge in [-0.15, -0.1) is 0 Å². The number of rotatable bonds is 8. The van der Waals surface area contributed by atoms with E-state index in [2.05, 4.69) is 10.3 Å². The number of aromatic nitrogens is 1. The smallest absolute Gasteiger partial charge is 0.267 e. The van der Waals surface area contributed by atoms with Crippen molar-refractivity contribution in [1.82, 2.24) is 10.3 Å². The molecule has 0 aliphatic heterocycles. The minimum atomic E-state index is -0.152. The lowest BCUT2D eigenvalue weighted by Crippen LogP contribution is -2.37. The Bertz CT molecular complexity index is 904. The Morgan fingerprint density at radius 1 is 1.03 bits per heavy atom. The standard InChI is InChI=1S/C21H26N4O2.2C2H6/c1-27-18-8-6-14(7-9-18)15-4-5-16-12-20(25-19(16)11-15)21(26)24-13-17(23)3-2-10-22;2*1-2/h4-9,11-12,17,25H,2-3,10,13,22-23H2,1H3,(H,24,26);2*1-2H3. The number of hydrogen-bond donors (Lipinski definition) is 4. The molecule has 0 radical (unpaired) electrons. The molecule has 3 rings (SSSR count). The average molecular weight is 427 g/mol. The Hall–Kier alpha value is -2.83. The molecular weight excluding hydrogens is 388 g/mol. The summed E-state index contributed by atoms with van der Waals surface area (Å²) >= 11 is 0. The third-order valence-electron chi connectivity index (χ3n) is 4.59. The van der Waals surface area contributed by atoms with Gasteiger partial charge in [0.15, 0.2) is 0 Å². The zero-order chi connectivity index (χ0) is 23.2. The minimum absolute atomic E-state index is 0.0800. The first-order valence-electron chi connectivity index (χ1n) is 11.1. The van der Waals surface area contributed by atoms with E-state index in [-0.39, 0.29) is 11.9 Å². The molecule has 0 saturated carbocycles. The van der Waals surface area contributed by atoms with Gasteiger partial charge in [-0.05, 0) is 54.8 Å². The predicted molar refractivity (Wildman–Crippen MR) is 132 cm³/mol. The van der Waals surface area contributed by atoms with E-state index in [4.69, 9.17) is 16.2 Å². The number of nitrogens with one attached hydrogen (secondary N) is 2. The summed E-state index contributed by atoms with van der Waals surface area (Å²) < 4.78 is 5.20. The molecule has 1 amide bonds. The molecule has 1 heterocycles. The highest BCUT2D eigenvalue weighted by atomic mass is 16.5. The van der Waals surface area contributed by atoms with Crippen LogP contribution in [0.2, 0.25) is 0 Å². The van der Waals surface area contributed by atoms with Gasteiger partial charge >= 0.3 is 0 Å². The van der Waals surface area contributed by atoms with Crippen LogP contribution in [0.1, 0.15) is 51.0 Å². The highest BCUT2D eigenvalue weighted by Crippen LogP contribution is 2.26. The summed E-state index contributed by atoms with van der Waals surface area (Å²) in [4.78, 5) is 15.6. The maximum absolute atomic E-state index is 12.4. The number of benzene rings is 2. The fraction of sp³-hybridized carbons (Fsp3) is 0.400. The summed E-state index contributed by atoms with van der Waals surface area (Å²) in [5.41, 5.74) is 15.1. The molecule has 6 N–H and O–H groups in total. The van der Waals surface area contributed by atoms with Gasteiger partial charge in [-0.3, -0.25) is 4.79 Å². The van der Waals surface area contributed by atoms with Crippen LogP contribution < -0.4 is 21.5 Å². The fourth-order valence-electron chi connectivity index (χ4n) is 3.01. The molecule has 6 heteroatoms. The van der Waals surface area contributed by atoms with Gasteiger partial charge in [-0.2, -0.15) is 0 Å². The number of amides is 1. The molecule has 6 nitrogen and oxygen atoms in total. The van der Waals surface area contributed by atoms with Gasteiger partial charge in [0.05, 0.1) is 7.11 Å². The van der Waals surface area contributed by atoms with Crippen molar-refractivity contribution in [1.29, 1.82) is 0 Å². The third kappa shape index (κ3) is 7.74. The van der Waals surface area contributed by atoms with Gasteiger partial charge in [-0.1, -0.05) is 52.0 Å². The third-order valence-corrected chi connectivity index (χ3v) is 4.59. The SMILES string of the molecule is CC.CC.COc1ccc(-c2ccc3cc(C(=O)NCC(N)CCCN)[nH]c3c2)cc1. The van der Waals surface area contributed by atoms with E-state index in [0.29, 0.717) is 18.8 Å². The summed E-state index contributed by atoms with van der Waals surface area (Å²) in [5.74, 6) is 0.670. The Morgan fingerprint density at radius 2 is 1.68 bits per heavy atom. The molecular formula is C25H38N4O2. The number of nitrogens with two attached hydrogens (primary N) is 2. The molecule has 0 spiro atoms. The zero-order valence-electron chi connectivity index (χ0n) is 19.5. The average Bonchev–Trinajstić information content (AvgIpc) is 3.27. The van der Waals surface area contributed by atoms with Crippen molar-refractivity contribution >= 4 is 16.8 Å². The lowest BCUT2D eigenvalue weighted by Gasteiger charge is -2.11. The second kappa shape index (κ2) is 14.2. The first-order valence-corrected chi connectivity index (χ1v) is 11.1. The number of carbonyl (C=O) groups excluding carboxylic acids is 1. The van der Waals surface area contributed by atoms with E-state index in [1.807, 2.05) is 76.2 Å². The van der Waals surface area contributed by atoms with Crippen molar-refractivity contribution in [2.45, 2.75) is 46.6 Å². The van der Waals surface area contributed by atoms with E-state index in [1.165, 1.54) is 0 Å². The molecule has 0 aliphatic rings. The largest absolute Gasteiger partial charge is 0.497 e. The molecule has 0 fully saturated rings. The van der Waals surface area contributed by atoms with E-state index >= 15 is 0 Å². The van der Waals surface area contributed by atoms with Gasteiger partial charge < -0.3 is 26.5 Å². The monoisotopic (exact) mass is 426 g/mol. The number of ether oxygens (including phenoxy) is 1. The van der Waals surface area contributed by atoms with Gasteiger partial charge in [-0.25, -0.2) is 0 Å². The molecule has 3 aromatic rings. The van der Waals surface area contributed by atoms with Crippen LogP contribution in [0.15, 0.2) is 48.5 Å². The number of methoxy groups -OCH3 is 1. The lowest BCUT2D eigenvalue weighted by molar-refractivity contribution is 0.0946. The molecule has 2 aromatic carbocycles. The molecule has 170 valence electrons. The van der Waals surface area contributed by atoms with Gasteiger partial charge in [0, 0.05) is 23.5 Å². The minimum Gasteiger partial charge on any atom is -0.497 e. The van der Waals surface area contributed by atoms with Crippen LogP contribution in [-0.4, -0.2) is 37.1 Å². The van der Waals surface area contributed by atoms with Crippen LogP contribution >= 0.6 is 0 Å². The molecule has 1 unspecified atom stereocenters. The van der Waals surface area contributed by atoms with E-state index in [9.17, 15) is 4.79 Å².